The van der Waals surface area contributed by atoms with E-state index in [1.165, 1.54) is 0 Å². The van der Waals surface area contributed by atoms with Crippen molar-refractivity contribution in [2.24, 2.45) is 0 Å². The molecule has 1 unspecified atom stereocenters. The smallest absolute Gasteiger partial charge is 0.251 e. The van der Waals surface area contributed by atoms with Crippen LogP contribution in [0.15, 0.2) is 78.9 Å². The topological polar surface area (TPSA) is 67.8 Å². The van der Waals surface area contributed by atoms with Gasteiger partial charge in [0.2, 0.25) is 0 Å². The van der Waals surface area contributed by atoms with Crippen molar-refractivity contribution in [1.82, 2.24) is 5.32 Å². The van der Waals surface area contributed by atoms with Crippen LogP contribution in [0.5, 0.6) is 17.2 Å². The molecule has 0 saturated heterocycles. The second-order valence-electron chi connectivity index (χ2n) is 5.93. The maximum absolute atomic E-state index is 12.6. The largest absolute Gasteiger partial charge is 0.497 e. The minimum Gasteiger partial charge on any atom is -0.497 e. The summed E-state index contributed by atoms with van der Waals surface area (Å²) in [6.07, 6.45) is 0. The highest BCUT2D eigenvalue weighted by Crippen LogP contribution is 2.23. The molecule has 0 aliphatic carbocycles. The van der Waals surface area contributed by atoms with Crippen LogP contribution in [0.4, 0.5) is 0 Å². The molecule has 0 fully saturated rings. The SMILES string of the molecule is COc1cccc(C(CO)NC(=O)c2cccc(Oc3ccccc3)c2)c1. The van der Waals surface area contributed by atoms with Crippen molar-refractivity contribution >= 4 is 5.91 Å². The Morgan fingerprint density at radius 1 is 0.926 bits per heavy atom. The molecule has 3 rings (SSSR count). The van der Waals surface area contributed by atoms with Crippen molar-refractivity contribution in [2.45, 2.75) is 6.04 Å². The Kier molecular flexibility index (Phi) is 6.07. The molecule has 0 saturated carbocycles. The number of nitrogens with one attached hydrogen (secondary N) is 1. The van der Waals surface area contributed by atoms with Gasteiger partial charge in [-0.3, -0.25) is 4.79 Å². The van der Waals surface area contributed by atoms with Gasteiger partial charge in [-0.1, -0.05) is 36.4 Å². The number of rotatable bonds is 7. The van der Waals surface area contributed by atoms with Crippen LogP contribution in [-0.4, -0.2) is 24.7 Å². The summed E-state index contributed by atoms with van der Waals surface area (Å²) in [6.45, 7) is -0.223. The molecule has 0 bridgehead atoms. The van der Waals surface area contributed by atoms with Crippen molar-refractivity contribution in [2.75, 3.05) is 13.7 Å². The molecule has 2 N–H and O–H groups in total. The third kappa shape index (κ3) is 4.86. The highest BCUT2D eigenvalue weighted by molar-refractivity contribution is 5.94. The summed E-state index contributed by atoms with van der Waals surface area (Å²) in [4.78, 5) is 12.6. The third-order valence-corrected chi connectivity index (χ3v) is 4.06. The Balaban J connectivity index is 1.73. The number of ether oxygens (including phenoxy) is 2. The molecule has 0 radical (unpaired) electrons. The second-order valence-corrected chi connectivity index (χ2v) is 5.93. The summed E-state index contributed by atoms with van der Waals surface area (Å²) in [5, 5.41) is 12.5. The molecular formula is C22H21NO4. The summed E-state index contributed by atoms with van der Waals surface area (Å²) < 4.78 is 11.0. The van der Waals surface area contributed by atoms with Crippen LogP contribution in [0.2, 0.25) is 0 Å². The van der Waals surface area contributed by atoms with Gasteiger partial charge in [-0.15, -0.1) is 0 Å². The Morgan fingerprint density at radius 3 is 2.37 bits per heavy atom. The van der Waals surface area contributed by atoms with E-state index in [-0.39, 0.29) is 12.5 Å². The first-order chi connectivity index (χ1) is 13.2. The molecule has 1 amide bonds. The average Bonchev–Trinajstić information content (AvgIpc) is 2.72. The molecule has 27 heavy (non-hydrogen) atoms. The van der Waals surface area contributed by atoms with Gasteiger partial charge in [0.05, 0.1) is 19.8 Å². The molecule has 0 heterocycles. The molecule has 5 heteroatoms. The number of para-hydroxylation sites is 1. The molecule has 0 aromatic heterocycles. The highest BCUT2D eigenvalue weighted by atomic mass is 16.5. The standard InChI is InChI=1S/C22H21NO4/c1-26-19-11-5-7-16(13-19)21(15-24)23-22(25)17-8-6-12-20(14-17)27-18-9-3-2-4-10-18/h2-14,21,24H,15H2,1H3,(H,23,25). The first kappa shape index (κ1) is 18.5. The minimum atomic E-state index is -0.536. The number of methoxy groups -OCH3 is 1. The predicted molar refractivity (Wildman–Crippen MR) is 103 cm³/mol. The van der Waals surface area contributed by atoms with Crippen LogP contribution in [0, 0.1) is 0 Å². The molecule has 3 aromatic carbocycles. The van der Waals surface area contributed by atoms with Crippen LogP contribution >= 0.6 is 0 Å². The van der Waals surface area contributed by atoms with Crippen LogP contribution in [-0.2, 0) is 0 Å². The monoisotopic (exact) mass is 363 g/mol. The van der Waals surface area contributed by atoms with E-state index in [1.807, 2.05) is 48.5 Å². The summed E-state index contributed by atoms with van der Waals surface area (Å²) in [5.41, 5.74) is 1.21. The number of benzene rings is 3. The fourth-order valence-corrected chi connectivity index (χ4v) is 2.66. The number of amides is 1. The molecule has 3 aromatic rings. The molecule has 1 atom stereocenters. The van der Waals surface area contributed by atoms with E-state index < -0.39 is 6.04 Å². The quantitative estimate of drug-likeness (QED) is 0.667. The van der Waals surface area contributed by atoms with Gasteiger partial charge in [0.15, 0.2) is 0 Å². The molecule has 138 valence electrons. The van der Waals surface area contributed by atoms with Crippen LogP contribution in [0.3, 0.4) is 0 Å². The van der Waals surface area contributed by atoms with Gasteiger partial charge >= 0.3 is 0 Å². The van der Waals surface area contributed by atoms with E-state index >= 15 is 0 Å². The van der Waals surface area contributed by atoms with E-state index in [9.17, 15) is 9.90 Å². The van der Waals surface area contributed by atoms with Crippen LogP contribution in [0.25, 0.3) is 0 Å². The van der Waals surface area contributed by atoms with Gasteiger partial charge in [0, 0.05) is 5.56 Å². The normalized spacial score (nSPS) is 11.5. The van der Waals surface area contributed by atoms with Gasteiger partial charge < -0.3 is 19.9 Å². The summed E-state index contributed by atoms with van der Waals surface area (Å²) in [6, 6.07) is 23.0. The number of carbonyl (C=O) groups excluding carboxylic acids is 1. The van der Waals surface area contributed by atoms with Crippen molar-refractivity contribution < 1.29 is 19.4 Å². The van der Waals surface area contributed by atoms with Gasteiger partial charge in [-0.25, -0.2) is 0 Å². The molecule has 0 spiro atoms. The summed E-state index contributed by atoms with van der Waals surface area (Å²) in [7, 11) is 1.57. The fourth-order valence-electron chi connectivity index (χ4n) is 2.66. The number of carbonyl (C=O) groups is 1. The third-order valence-electron chi connectivity index (χ3n) is 4.06. The Morgan fingerprint density at radius 2 is 1.63 bits per heavy atom. The Bertz CT molecular complexity index is 896. The van der Waals surface area contributed by atoms with Crippen molar-refractivity contribution in [3.63, 3.8) is 0 Å². The lowest BCUT2D eigenvalue weighted by Gasteiger charge is -2.18. The summed E-state index contributed by atoms with van der Waals surface area (Å²) >= 11 is 0. The zero-order chi connectivity index (χ0) is 19.1. The van der Waals surface area contributed by atoms with Crippen LogP contribution in [0.1, 0.15) is 22.0 Å². The average molecular weight is 363 g/mol. The molecule has 5 nitrogen and oxygen atoms in total. The first-order valence-corrected chi connectivity index (χ1v) is 8.58. The van der Waals surface area contributed by atoms with Crippen molar-refractivity contribution in [3.05, 3.63) is 90.0 Å². The zero-order valence-corrected chi connectivity index (χ0v) is 15.0. The van der Waals surface area contributed by atoms with E-state index in [1.54, 1.807) is 37.4 Å². The number of aliphatic hydroxyl groups is 1. The lowest BCUT2D eigenvalue weighted by molar-refractivity contribution is 0.0916. The fraction of sp³-hybridized carbons (Fsp3) is 0.136. The lowest BCUT2D eigenvalue weighted by atomic mass is 10.1. The minimum absolute atomic E-state index is 0.223. The molecule has 0 aliphatic rings. The zero-order valence-electron chi connectivity index (χ0n) is 15.0. The summed E-state index contributed by atoms with van der Waals surface area (Å²) in [5.74, 6) is 1.63. The highest BCUT2D eigenvalue weighted by Gasteiger charge is 2.16. The molecular weight excluding hydrogens is 342 g/mol. The van der Waals surface area contributed by atoms with Gasteiger partial charge in [-0.2, -0.15) is 0 Å². The second kappa shape index (κ2) is 8.87. The van der Waals surface area contributed by atoms with Crippen LogP contribution < -0.4 is 14.8 Å². The lowest BCUT2D eigenvalue weighted by Crippen LogP contribution is -2.30. The maximum atomic E-state index is 12.6. The predicted octanol–water partition coefficient (Wildman–Crippen LogP) is 3.95. The van der Waals surface area contributed by atoms with Gasteiger partial charge in [0.1, 0.15) is 17.2 Å². The number of hydrogen-bond acceptors (Lipinski definition) is 4. The van der Waals surface area contributed by atoms with E-state index in [4.69, 9.17) is 9.47 Å². The number of hydrogen-bond donors (Lipinski definition) is 2. The van der Waals surface area contributed by atoms with Gasteiger partial charge in [0.25, 0.3) is 5.91 Å². The Hall–Kier alpha value is -3.31. The van der Waals surface area contributed by atoms with Crippen molar-refractivity contribution in [3.8, 4) is 17.2 Å². The van der Waals surface area contributed by atoms with E-state index in [0.717, 1.165) is 5.56 Å². The van der Waals surface area contributed by atoms with Gasteiger partial charge in [-0.05, 0) is 48.0 Å². The first-order valence-electron chi connectivity index (χ1n) is 8.58. The van der Waals surface area contributed by atoms with E-state index in [2.05, 4.69) is 5.32 Å². The molecule has 0 aliphatic heterocycles. The van der Waals surface area contributed by atoms with Crippen molar-refractivity contribution in [1.29, 1.82) is 0 Å². The number of aliphatic hydroxyl groups excluding tert-OH is 1. The maximum Gasteiger partial charge on any atom is 0.251 e. The van der Waals surface area contributed by atoms with E-state index in [0.29, 0.717) is 22.8 Å². The Labute approximate surface area is 158 Å².